The monoisotopic (exact) mass is 543 g/mol. The summed E-state index contributed by atoms with van der Waals surface area (Å²) in [6, 6.07) is 4.79. The molecule has 0 spiro atoms. The highest BCUT2D eigenvalue weighted by Crippen LogP contribution is 2.56. The molecule has 2 aromatic rings. The zero-order valence-corrected chi connectivity index (χ0v) is 21.0. The molecule has 0 radical (unpaired) electrons. The Morgan fingerprint density at radius 2 is 1.69 bits per heavy atom. The first-order valence-corrected chi connectivity index (χ1v) is 13.2. The number of fused-ring (bicyclic) bond motifs is 2. The molecule has 194 valence electrons. The van der Waals surface area contributed by atoms with Gasteiger partial charge in [0.15, 0.2) is 27.3 Å². The molecule has 2 unspecified atom stereocenters. The molecule has 36 heavy (non-hydrogen) atoms. The second-order valence-electron chi connectivity index (χ2n) is 10.00. The zero-order valence-electron chi connectivity index (χ0n) is 19.4. The van der Waals surface area contributed by atoms with Crippen LogP contribution in [0.1, 0.15) is 43.5 Å². The number of carbonyl (C=O) groups is 1. The number of sulfone groups is 1. The number of anilines is 1. The summed E-state index contributed by atoms with van der Waals surface area (Å²) >= 11 is 6.19. The first kappa shape index (κ1) is 26.7. The largest absolute Gasteiger partial charge is 0.386 e. The van der Waals surface area contributed by atoms with Gasteiger partial charge in [-0.05, 0) is 63.1 Å². The van der Waals surface area contributed by atoms with Crippen LogP contribution in [0.3, 0.4) is 0 Å². The van der Waals surface area contributed by atoms with E-state index in [1.807, 2.05) is 0 Å². The van der Waals surface area contributed by atoms with Gasteiger partial charge in [-0.2, -0.15) is 0 Å². The molecule has 0 aromatic heterocycles. The highest BCUT2D eigenvalue weighted by Gasteiger charge is 2.58. The van der Waals surface area contributed by atoms with Crippen molar-refractivity contribution in [3.63, 3.8) is 0 Å². The highest BCUT2D eigenvalue weighted by molar-refractivity contribution is 7.92. The fourth-order valence-electron chi connectivity index (χ4n) is 4.93. The topological polar surface area (TPSA) is 104 Å². The van der Waals surface area contributed by atoms with E-state index in [1.165, 1.54) is 18.2 Å². The van der Waals surface area contributed by atoms with Crippen molar-refractivity contribution in [1.29, 1.82) is 0 Å². The molecule has 3 fully saturated rings. The van der Waals surface area contributed by atoms with Gasteiger partial charge in [0.2, 0.25) is 0 Å². The van der Waals surface area contributed by atoms with E-state index in [4.69, 9.17) is 11.6 Å². The number of nitrogens with one attached hydrogen (secondary N) is 1. The molecule has 0 saturated heterocycles. The quantitative estimate of drug-likeness (QED) is 0.364. The van der Waals surface area contributed by atoms with Gasteiger partial charge in [-0.1, -0.05) is 23.8 Å². The maximum Gasteiger partial charge on any atom is 0.255 e. The van der Waals surface area contributed by atoms with Crippen LogP contribution in [-0.4, -0.2) is 41.0 Å². The van der Waals surface area contributed by atoms with Crippen molar-refractivity contribution in [3.05, 3.63) is 70.5 Å². The number of carbonyl (C=O) groups excluding carboxylic acids is 1. The van der Waals surface area contributed by atoms with E-state index in [-0.39, 0.29) is 45.8 Å². The lowest BCUT2D eigenvalue weighted by Gasteiger charge is -2.57. The Hall–Kier alpha value is -2.40. The SMILES string of the molecule is CC(C)(O)/C=C\C1(O)C2CC1CC(S(=O)(=O)c1cc(C(=O)Nc3cc(F)c(F)c(F)c3)ccc1Cl)C2. The number of hydrogen-bond acceptors (Lipinski definition) is 5. The molecule has 1 amide bonds. The number of rotatable bonds is 6. The summed E-state index contributed by atoms with van der Waals surface area (Å²) < 4.78 is 67.0. The van der Waals surface area contributed by atoms with E-state index in [0.29, 0.717) is 18.6 Å². The van der Waals surface area contributed by atoms with Gasteiger partial charge in [-0.3, -0.25) is 4.79 Å². The molecule has 3 N–H and O–H groups in total. The maximum atomic E-state index is 13.5. The van der Waals surface area contributed by atoms with Crippen LogP contribution in [0.15, 0.2) is 47.4 Å². The van der Waals surface area contributed by atoms with Gasteiger partial charge >= 0.3 is 0 Å². The minimum Gasteiger partial charge on any atom is -0.386 e. The van der Waals surface area contributed by atoms with Crippen molar-refractivity contribution in [2.45, 2.75) is 54.5 Å². The highest BCUT2D eigenvalue weighted by atomic mass is 35.5. The van der Waals surface area contributed by atoms with Gasteiger partial charge in [0, 0.05) is 23.4 Å². The van der Waals surface area contributed by atoms with Crippen LogP contribution in [0.2, 0.25) is 5.02 Å². The molecule has 2 bridgehead atoms. The molecule has 0 heterocycles. The minimum atomic E-state index is -4.00. The first-order chi connectivity index (χ1) is 16.6. The molecule has 11 heteroatoms. The molecule has 3 aliphatic carbocycles. The Morgan fingerprint density at radius 1 is 1.11 bits per heavy atom. The normalized spacial score (nSPS) is 26.1. The summed E-state index contributed by atoms with van der Waals surface area (Å²) in [5.74, 6) is -6.16. The smallest absolute Gasteiger partial charge is 0.255 e. The predicted octanol–water partition coefficient (Wildman–Crippen LogP) is 4.64. The minimum absolute atomic E-state index is 0.0955. The lowest BCUT2D eigenvalue weighted by atomic mass is 9.53. The molecule has 0 aliphatic heterocycles. The summed E-state index contributed by atoms with van der Waals surface area (Å²) in [5.41, 5.74) is -2.79. The van der Waals surface area contributed by atoms with Gasteiger partial charge < -0.3 is 15.5 Å². The fourth-order valence-corrected chi connectivity index (χ4v) is 7.33. The summed E-state index contributed by atoms with van der Waals surface area (Å²) in [7, 11) is -4.00. The van der Waals surface area contributed by atoms with Gasteiger partial charge in [-0.15, -0.1) is 0 Å². The van der Waals surface area contributed by atoms with Gasteiger partial charge in [0.25, 0.3) is 5.91 Å². The third-order valence-corrected chi connectivity index (χ3v) is 9.57. The van der Waals surface area contributed by atoms with Crippen LogP contribution in [0, 0.1) is 29.3 Å². The Morgan fingerprint density at radius 3 is 2.25 bits per heavy atom. The van der Waals surface area contributed by atoms with E-state index in [0.717, 1.165) is 6.07 Å². The van der Waals surface area contributed by atoms with Crippen molar-refractivity contribution in [3.8, 4) is 0 Å². The summed E-state index contributed by atoms with van der Waals surface area (Å²) in [6.07, 6.45) is 4.05. The Bertz CT molecular complexity index is 1320. The maximum absolute atomic E-state index is 13.5. The van der Waals surface area contributed by atoms with Crippen molar-refractivity contribution in [1.82, 2.24) is 0 Å². The average Bonchev–Trinajstić information content (AvgIpc) is 2.80. The second-order valence-corrected chi connectivity index (χ2v) is 12.6. The van der Waals surface area contributed by atoms with E-state index in [1.54, 1.807) is 19.9 Å². The third kappa shape index (κ3) is 4.91. The third-order valence-electron chi connectivity index (χ3n) is 6.91. The molecule has 3 saturated carbocycles. The number of aliphatic hydroxyl groups is 2. The summed E-state index contributed by atoms with van der Waals surface area (Å²) in [6.45, 7) is 3.14. The molecule has 6 nitrogen and oxygen atoms in total. The van der Waals surface area contributed by atoms with Gasteiger partial charge in [-0.25, -0.2) is 21.6 Å². The average molecular weight is 544 g/mol. The van der Waals surface area contributed by atoms with Crippen LogP contribution in [0.5, 0.6) is 0 Å². The van der Waals surface area contributed by atoms with E-state index >= 15 is 0 Å². The molecule has 3 aliphatic rings. The van der Waals surface area contributed by atoms with Crippen molar-refractivity contribution >= 4 is 33.0 Å². The predicted molar refractivity (Wildman–Crippen MR) is 128 cm³/mol. The molecule has 2 aromatic carbocycles. The Kier molecular flexibility index (Phi) is 6.79. The van der Waals surface area contributed by atoms with Crippen molar-refractivity contribution < 1.29 is 36.6 Å². The Balaban J connectivity index is 1.55. The van der Waals surface area contributed by atoms with Crippen LogP contribution in [-0.2, 0) is 9.84 Å². The summed E-state index contributed by atoms with van der Waals surface area (Å²) in [4.78, 5) is 12.4. The van der Waals surface area contributed by atoms with Gasteiger partial charge in [0.1, 0.15) is 0 Å². The number of benzene rings is 2. The van der Waals surface area contributed by atoms with Crippen LogP contribution in [0.25, 0.3) is 0 Å². The number of halogens is 4. The van der Waals surface area contributed by atoms with Crippen LogP contribution < -0.4 is 5.32 Å². The van der Waals surface area contributed by atoms with Crippen LogP contribution in [0.4, 0.5) is 18.9 Å². The van der Waals surface area contributed by atoms with Crippen LogP contribution >= 0.6 is 11.6 Å². The van der Waals surface area contributed by atoms with E-state index in [2.05, 4.69) is 5.32 Å². The van der Waals surface area contributed by atoms with Gasteiger partial charge in [0.05, 0.1) is 26.4 Å². The van der Waals surface area contributed by atoms with E-state index in [9.17, 15) is 36.6 Å². The van der Waals surface area contributed by atoms with E-state index < -0.39 is 49.6 Å². The molecule has 2 atom stereocenters. The number of amides is 1. The summed E-state index contributed by atoms with van der Waals surface area (Å²) in [5, 5.41) is 22.2. The molecular formula is C25H25ClF3NO5S. The Labute approximate surface area is 211 Å². The lowest BCUT2D eigenvalue weighted by Crippen LogP contribution is -2.60. The lowest BCUT2D eigenvalue weighted by molar-refractivity contribution is -0.140. The second kappa shape index (κ2) is 9.16. The molecular weight excluding hydrogens is 519 g/mol. The van der Waals surface area contributed by atoms with Crippen molar-refractivity contribution in [2.75, 3.05) is 5.32 Å². The fraction of sp³-hybridized carbons (Fsp3) is 0.400. The molecule has 5 rings (SSSR count). The zero-order chi connectivity index (χ0) is 26.6. The first-order valence-electron chi connectivity index (χ1n) is 11.3. The standard InChI is InChI=1S/C25H25ClF3NO5S/c1-24(2,32)5-6-25(33)14-8-15(25)10-17(9-14)36(34,35)21-7-13(3-4-18(21)26)23(31)30-16-11-19(27)22(29)20(28)12-16/h3-7,11-12,14-15,17,32-33H,8-10H2,1-2H3,(H,30,31)/b6-5-. The van der Waals surface area contributed by atoms with Crippen molar-refractivity contribution in [2.24, 2.45) is 11.8 Å². The number of hydrogen-bond donors (Lipinski definition) is 3.